The van der Waals surface area contributed by atoms with Crippen LogP contribution >= 0.6 is 0 Å². The van der Waals surface area contributed by atoms with Crippen molar-refractivity contribution in [1.29, 1.82) is 0 Å². The van der Waals surface area contributed by atoms with Gasteiger partial charge in [0.25, 0.3) is 0 Å². The van der Waals surface area contributed by atoms with Crippen LogP contribution in [0.15, 0.2) is 36.4 Å². The fraction of sp³-hybridized carbons (Fsp3) is 0.263. The predicted octanol–water partition coefficient (Wildman–Crippen LogP) is 4.58. The minimum Gasteiger partial charge on any atom is -0.496 e. The van der Waals surface area contributed by atoms with Gasteiger partial charge in [-0.3, -0.25) is 0 Å². The van der Waals surface area contributed by atoms with E-state index >= 15 is 4.39 Å². The number of nitrogens with zero attached hydrogens (tertiary/aromatic N) is 2. The van der Waals surface area contributed by atoms with Crippen LogP contribution in [-0.2, 0) is 0 Å². The van der Waals surface area contributed by atoms with Gasteiger partial charge in [-0.2, -0.15) is 0 Å². The van der Waals surface area contributed by atoms with E-state index in [0.717, 1.165) is 10.9 Å². The lowest BCUT2D eigenvalue weighted by Crippen LogP contribution is -2.04. The number of ether oxygens (including phenoxy) is 2. The standard InChI is InChI=1S/C19H19FN2O2/c1-11(2)17-16(23-3)10-13(18(20)19(17)24-4)15-9-12-7-5-6-8-14(12)21-22-15/h5-11H,1-4H3. The van der Waals surface area contributed by atoms with Crippen LogP contribution in [-0.4, -0.2) is 24.4 Å². The molecule has 4 nitrogen and oxygen atoms in total. The second-order valence-electron chi connectivity index (χ2n) is 5.83. The maximum absolute atomic E-state index is 15.0. The van der Waals surface area contributed by atoms with E-state index in [0.29, 0.717) is 22.6 Å². The number of aromatic nitrogens is 2. The lowest BCUT2D eigenvalue weighted by Gasteiger charge is -2.19. The monoisotopic (exact) mass is 326 g/mol. The number of methoxy groups -OCH3 is 2. The molecule has 0 spiro atoms. The zero-order chi connectivity index (χ0) is 17.3. The smallest absolute Gasteiger partial charge is 0.175 e. The molecule has 1 heterocycles. The lowest BCUT2D eigenvalue weighted by molar-refractivity contribution is 0.363. The van der Waals surface area contributed by atoms with Gasteiger partial charge in [0.15, 0.2) is 11.6 Å². The molecule has 0 saturated heterocycles. The van der Waals surface area contributed by atoms with Crippen molar-refractivity contribution in [3.8, 4) is 22.8 Å². The Morgan fingerprint density at radius 2 is 1.75 bits per heavy atom. The highest BCUT2D eigenvalue weighted by atomic mass is 19.1. The Hall–Kier alpha value is -2.69. The molecule has 3 rings (SSSR count). The summed E-state index contributed by atoms with van der Waals surface area (Å²) in [5.41, 5.74) is 2.22. The average molecular weight is 326 g/mol. The van der Waals surface area contributed by atoms with Gasteiger partial charge in [0.1, 0.15) is 5.75 Å². The third-order valence-electron chi connectivity index (χ3n) is 3.99. The van der Waals surface area contributed by atoms with Crippen molar-refractivity contribution in [2.45, 2.75) is 19.8 Å². The minimum absolute atomic E-state index is 0.0566. The average Bonchev–Trinajstić information content (AvgIpc) is 2.60. The van der Waals surface area contributed by atoms with Crippen LogP contribution in [0.2, 0.25) is 0 Å². The van der Waals surface area contributed by atoms with Gasteiger partial charge in [-0.15, -0.1) is 10.2 Å². The van der Waals surface area contributed by atoms with Crippen LogP contribution in [0.4, 0.5) is 4.39 Å². The maximum atomic E-state index is 15.0. The second kappa shape index (κ2) is 6.43. The molecule has 0 aliphatic heterocycles. The van der Waals surface area contributed by atoms with Crippen LogP contribution in [0.1, 0.15) is 25.3 Å². The quantitative estimate of drug-likeness (QED) is 0.704. The Morgan fingerprint density at radius 1 is 1.00 bits per heavy atom. The molecule has 0 bridgehead atoms. The van der Waals surface area contributed by atoms with Gasteiger partial charge in [-0.25, -0.2) is 4.39 Å². The molecule has 0 unspecified atom stereocenters. The number of benzene rings is 2. The normalized spacial score (nSPS) is 11.1. The zero-order valence-electron chi connectivity index (χ0n) is 14.1. The second-order valence-corrected chi connectivity index (χ2v) is 5.83. The summed E-state index contributed by atoms with van der Waals surface area (Å²) < 4.78 is 25.8. The van der Waals surface area contributed by atoms with Crippen molar-refractivity contribution in [2.75, 3.05) is 14.2 Å². The molecular formula is C19H19FN2O2. The molecule has 2 aromatic carbocycles. The van der Waals surface area contributed by atoms with Crippen molar-refractivity contribution in [3.63, 3.8) is 0 Å². The van der Waals surface area contributed by atoms with Crippen molar-refractivity contribution in [2.24, 2.45) is 0 Å². The van der Waals surface area contributed by atoms with Crippen molar-refractivity contribution < 1.29 is 13.9 Å². The van der Waals surface area contributed by atoms with E-state index in [1.807, 2.05) is 44.2 Å². The summed E-state index contributed by atoms with van der Waals surface area (Å²) in [5.74, 6) is 0.371. The zero-order valence-corrected chi connectivity index (χ0v) is 14.1. The predicted molar refractivity (Wildman–Crippen MR) is 92.1 cm³/mol. The van der Waals surface area contributed by atoms with Gasteiger partial charge in [-0.1, -0.05) is 32.0 Å². The van der Waals surface area contributed by atoms with Crippen LogP contribution < -0.4 is 9.47 Å². The fourth-order valence-electron chi connectivity index (χ4n) is 2.84. The van der Waals surface area contributed by atoms with Gasteiger partial charge in [0.2, 0.25) is 0 Å². The molecule has 0 aliphatic rings. The summed E-state index contributed by atoms with van der Waals surface area (Å²) in [5, 5.41) is 9.23. The third-order valence-corrected chi connectivity index (χ3v) is 3.99. The van der Waals surface area contributed by atoms with E-state index in [1.54, 1.807) is 13.2 Å². The minimum atomic E-state index is -0.452. The summed E-state index contributed by atoms with van der Waals surface area (Å²) in [7, 11) is 3.02. The van der Waals surface area contributed by atoms with Gasteiger partial charge >= 0.3 is 0 Å². The van der Waals surface area contributed by atoms with Crippen LogP contribution in [0, 0.1) is 5.82 Å². The Kier molecular flexibility index (Phi) is 4.34. The van der Waals surface area contributed by atoms with Crippen LogP contribution in [0.25, 0.3) is 22.2 Å². The molecule has 3 aromatic rings. The molecule has 0 saturated carbocycles. The summed E-state index contributed by atoms with van der Waals surface area (Å²) in [6.45, 7) is 3.94. The maximum Gasteiger partial charge on any atom is 0.175 e. The first-order valence-corrected chi connectivity index (χ1v) is 7.74. The highest BCUT2D eigenvalue weighted by Gasteiger charge is 2.23. The molecule has 24 heavy (non-hydrogen) atoms. The first kappa shape index (κ1) is 16.2. The van der Waals surface area contributed by atoms with Crippen molar-refractivity contribution >= 4 is 10.9 Å². The van der Waals surface area contributed by atoms with E-state index < -0.39 is 5.82 Å². The summed E-state index contributed by atoms with van der Waals surface area (Å²) in [6.07, 6.45) is 0. The number of rotatable bonds is 4. The molecule has 0 fully saturated rings. The van der Waals surface area contributed by atoms with Crippen molar-refractivity contribution in [3.05, 3.63) is 47.8 Å². The van der Waals surface area contributed by atoms with Crippen molar-refractivity contribution in [1.82, 2.24) is 10.2 Å². The number of fused-ring (bicyclic) bond motifs is 1. The first-order chi connectivity index (χ1) is 11.6. The molecule has 0 aliphatic carbocycles. The molecule has 5 heteroatoms. The van der Waals surface area contributed by atoms with Gasteiger partial charge in [0.05, 0.1) is 25.4 Å². The highest BCUT2D eigenvalue weighted by molar-refractivity contribution is 5.82. The van der Waals surface area contributed by atoms with E-state index in [-0.39, 0.29) is 11.7 Å². The Labute approximate surface area is 140 Å². The molecule has 0 N–H and O–H groups in total. The highest BCUT2D eigenvalue weighted by Crippen LogP contribution is 2.42. The molecular weight excluding hydrogens is 307 g/mol. The molecule has 124 valence electrons. The summed E-state index contributed by atoms with van der Waals surface area (Å²) in [6, 6.07) is 11.1. The van der Waals surface area contributed by atoms with E-state index in [2.05, 4.69) is 10.2 Å². The Morgan fingerprint density at radius 3 is 2.42 bits per heavy atom. The van der Waals surface area contributed by atoms with Gasteiger partial charge in [0, 0.05) is 16.5 Å². The van der Waals surface area contributed by atoms with E-state index in [4.69, 9.17) is 9.47 Å². The molecule has 0 atom stereocenters. The van der Waals surface area contributed by atoms with Gasteiger partial charge in [-0.05, 0) is 24.1 Å². The Bertz CT molecular complexity index is 894. The SMILES string of the molecule is COc1cc(-c2cc3ccccc3nn2)c(F)c(OC)c1C(C)C. The lowest BCUT2D eigenvalue weighted by atomic mass is 9.96. The number of hydrogen-bond acceptors (Lipinski definition) is 4. The number of hydrogen-bond donors (Lipinski definition) is 0. The summed E-state index contributed by atoms with van der Waals surface area (Å²) in [4.78, 5) is 0. The molecule has 0 amide bonds. The number of halogens is 1. The molecule has 0 radical (unpaired) electrons. The van der Waals surface area contributed by atoms with E-state index in [1.165, 1.54) is 7.11 Å². The van der Waals surface area contributed by atoms with E-state index in [9.17, 15) is 0 Å². The topological polar surface area (TPSA) is 44.2 Å². The van der Waals surface area contributed by atoms with Crippen LogP contribution in [0.3, 0.4) is 0 Å². The first-order valence-electron chi connectivity index (χ1n) is 7.74. The molecule has 1 aromatic heterocycles. The summed E-state index contributed by atoms with van der Waals surface area (Å²) >= 11 is 0. The Balaban J connectivity index is 2.26. The van der Waals surface area contributed by atoms with Crippen LogP contribution in [0.5, 0.6) is 11.5 Å². The largest absolute Gasteiger partial charge is 0.496 e. The van der Waals surface area contributed by atoms with Gasteiger partial charge < -0.3 is 9.47 Å². The third kappa shape index (κ3) is 2.66. The fourth-order valence-corrected chi connectivity index (χ4v) is 2.84.